The lowest BCUT2D eigenvalue weighted by molar-refractivity contribution is -0.120. The lowest BCUT2D eigenvalue weighted by atomic mass is 9.96. The molecule has 0 fully saturated rings. The molecule has 1 aromatic heterocycles. The van der Waals surface area contributed by atoms with Crippen LogP contribution in [0.2, 0.25) is 0 Å². The van der Waals surface area contributed by atoms with E-state index in [9.17, 15) is 9.59 Å². The van der Waals surface area contributed by atoms with E-state index in [-0.39, 0.29) is 16.9 Å². The summed E-state index contributed by atoms with van der Waals surface area (Å²) in [7, 11) is 0. The van der Waals surface area contributed by atoms with Crippen LogP contribution >= 0.6 is 23.6 Å². The fourth-order valence-electron chi connectivity index (χ4n) is 3.81. The number of nitrogens with two attached hydrogens (primary N) is 1. The molecule has 2 aromatic carbocycles. The van der Waals surface area contributed by atoms with Crippen LogP contribution in [0.4, 0.5) is 5.00 Å². The van der Waals surface area contributed by atoms with Crippen LogP contribution in [-0.4, -0.2) is 16.9 Å². The molecule has 0 saturated carbocycles. The van der Waals surface area contributed by atoms with Gasteiger partial charge in [-0.15, -0.1) is 11.3 Å². The van der Waals surface area contributed by atoms with Gasteiger partial charge in [0.2, 0.25) is 5.91 Å². The van der Waals surface area contributed by atoms with Gasteiger partial charge >= 0.3 is 0 Å². The Hall–Kier alpha value is -3.03. The number of carbonyl (C=O) groups is 2. The fraction of sp³-hybridized carbons (Fsp3) is 0.296. The molecule has 178 valence electrons. The van der Waals surface area contributed by atoms with E-state index < -0.39 is 5.91 Å². The fourth-order valence-corrected chi connectivity index (χ4v) is 5.33. The summed E-state index contributed by atoms with van der Waals surface area (Å²) in [6, 6.07) is 18.1. The predicted molar refractivity (Wildman–Crippen MR) is 145 cm³/mol. The zero-order valence-electron chi connectivity index (χ0n) is 20.0. The summed E-state index contributed by atoms with van der Waals surface area (Å²) < 4.78 is 0. The van der Waals surface area contributed by atoms with Crippen molar-refractivity contribution in [2.75, 3.05) is 5.32 Å². The van der Waals surface area contributed by atoms with Crippen LogP contribution in [0.5, 0.6) is 0 Å². The van der Waals surface area contributed by atoms with Crippen molar-refractivity contribution in [1.29, 1.82) is 0 Å². The second kappa shape index (κ2) is 11.4. The first-order valence-corrected chi connectivity index (χ1v) is 12.5. The molecule has 0 radical (unpaired) electrons. The third-order valence-electron chi connectivity index (χ3n) is 5.68. The molecule has 0 aliphatic rings. The first-order valence-electron chi connectivity index (χ1n) is 11.3. The lowest BCUT2D eigenvalue weighted by Gasteiger charge is -2.15. The van der Waals surface area contributed by atoms with Crippen molar-refractivity contribution in [2.24, 2.45) is 11.7 Å². The third-order valence-corrected chi connectivity index (χ3v) is 7.09. The standard InChI is InChI=1S/C27H31N3O2S2/c1-16(2)14-20-10-12-21(13-11-20)17(3)25(32)29-27(33)30-26-23(24(28)31)18(4)22(34-26)15-19-8-6-5-7-9-19/h5-13,16-17H,14-15H2,1-4H3,(H2,28,31)(H2,29,30,32,33). The normalized spacial score (nSPS) is 11.8. The molecule has 4 N–H and O–H groups in total. The molecule has 1 atom stereocenters. The lowest BCUT2D eigenvalue weighted by Crippen LogP contribution is -2.37. The number of benzene rings is 2. The van der Waals surface area contributed by atoms with Gasteiger partial charge in [0.05, 0.1) is 11.5 Å². The van der Waals surface area contributed by atoms with Gasteiger partial charge in [-0.25, -0.2) is 0 Å². The molecule has 1 unspecified atom stereocenters. The molecule has 0 aliphatic heterocycles. The van der Waals surface area contributed by atoms with Crippen molar-refractivity contribution >= 4 is 45.5 Å². The van der Waals surface area contributed by atoms with E-state index in [0.29, 0.717) is 22.9 Å². The Bertz CT molecular complexity index is 1170. The zero-order chi connectivity index (χ0) is 24.8. The van der Waals surface area contributed by atoms with Crippen LogP contribution in [0.3, 0.4) is 0 Å². The van der Waals surface area contributed by atoms with Crippen LogP contribution in [-0.2, 0) is 17.6 Å². The predicted octanol–water partition coefficient (Wildman–Crippen LogP) is 5.56. The van der Waals surface area contributed by atoms with E-state index in [1.165, 1.54) is 16.9 Å². The molecule has 2 amide bonds. The quantitative estimate of drug-likeness (QED) is 0.359. The van der Waals surface area contributed by atoms with Crippen molar-refractivity contribution in [1.82, 2.24) is 5.32 Å². The number of anilines is 1. The average molecular weight is 494 g/mol. The summed E-state index contributed by atoms with van der Waals surface area (Å²) in [5.41, 5.74) is 10.2. The van der Waals surface area contributed by atoms with Crippen molar-refractivity contribution < 1.29 is 9.59 Å². The molecular formula is C27H31N3O2S2. The highest BCUT2D eigenvalue weighted by Crippen LogP contribution is 2.34. The van der Waals surface area contributed by atoms with E-state index in [0.717, 1.165) is 28.0 Å². The Morgan fingerprint density at radius 1 is 1.00 bits per heavy atom. The van der Waals surface area contributed by atoms with Gasteiger partial charge in [0.25, 0.3) is 5.91 Å². The number of carbonyl (C=O) groups excluding carboxylic acids is 2. The summed E-state index contributed by atoms with van der Waals surface area (Å²) in [4.78, 5) is 26.0. The Kier molecular flexibility index (Phi) is 8.58. The van der Waals surface area contributed by atoms with Crippen molar-refractivity contribution in [3.05, 3.63) is 87.3 Å². The van der Waals surface area contributed by atoms with Crippen LogP contribution < -0.4 is 16.4 Å². The van der Waals surface area contributed by atoms with E-state index in [1.54, 1.807) is 0 Å². The SMILES string of the molecule is Cc1c(Cc2ccccc2)sc(NC(=S)NC(=O)C(C)c2ccc(CC(C)C)cc2)c1C(N)=O. The molecule has 34 heavy (non-hydrogen) atoms. The van der Waals surface area contributed by atoms with Crippen molar-refractivity contribution in [3.8, 4) is 0 Å². The van der Waals surface area contributed by atoms with Crippen LogP contribution in [0.15, 0.2) is 54.6 Å². The van der Waals surface area contributed by atoms with Gasteiger partial charge in [-0.3, -0.25) is 9.59 Å². The van der Waals surface area contributed by atoms with Gasteiger partial charge in [-0.2, -0.15) is 0 Å². The molecular weight excluding hydrogens is 462 g/mol. The first-order chi connectivity index (χ1) is 16.2. The second-order valence-electron chi connectivity index (χ2n) is 8.89. The maximum Gasteiger partial charge on any atom is 0.251 e. The number of rotatable bonds is 8. The van der Waals surface area contributed by atoms with Crippen LogP contribution in [0, 0.1) is 12.8 Å². The Labute approximate surface area is 210 Å². The average Bonchev–Trinajstić information content (AvgIpc) is 3.08. The highest BCUT2D eigenvalue weighted by atomic mass is 32.1. The van der Waals surface area contributed by atoms with Gasteiger partial charge in [-0.1, -0.05) is 68.4 Å². The third kappa shape index (κ3) is 6.52. The smallest absolute Gasteiger partial charge is 0.251 e. The second-order valence-corrected chi connectivity index (χ2v) is 10.4. The van der Waals surface area contributed by atoms with E-state index in [1.807, 2.05) is 56.3 Å². The van der Waals surface area contributed by atoms with E-state index >= 15 is 0 Å². The number of hydrogen-bond donors (Lipinski definition) is 3. The van der Waals surface area contributed by atoms with Crippen molar-refractivity contribution in [3.63, 3.8) is 0 Å². The van der Waals surface area contributed by atoms with E-state index in [4.69, 9.17) is 18.0 Å². The molecule has 3 rings (SSSR count). The summed E-state index contributed by atoms with van der Waals surface area (Å²) in [6.07, 6.45) is 1.69. The van der Waals surface area contributed by atoms with Crippen LogP contribution in [0.25, 0.3) is 0 Å². The molecule has 1 heterocycles. The monoisotopic (exact) mass is 493 g/mol. The molecule has 0 bridgehead atoms. The van der Waals surface area contributed by atoms with Crippen LogP contribution in [0.1, 0.15) is 64.2 Å². The topological polar surface area (TPSA) is 84.2 Å². The minimum atomic E-state index is -0.528. The van der Waals surface area contributed by atoms with Gasteiger partial charge < -0.3 is 16.4 Å². The number of amides is 2. The number of nitrogens with one attached hydrogen (secondary N) is 2. The molecule has 0 saturated heterocycles. The molecule has 0 spiro atoms. The molecule has 3 aromatic rings. The summed E-state index contributed by atoms with van der Waals surface area (Å²) in [6.45, 7) is 8.09. The van der Waals surface area contributed by atoms with Gasteiger partial charge in [0.15, 0.2) is 5.11 Å². The Morgan fingerprint density at radius 3 is 2.24 bits per heavy atom. The molecule has 5 nitrogen and oxygen atoms in total. The largest absolute Gasteiger partial charge is 0.365 e. The maximum atomic E-state index is 12.8. The van der Waals surface area contributed by atoms with Crippen molar-refractivity contribution in [2.45, 2.75) is 46.5 Å². The summed E-state index contributed by atoms with van der Waals surface area (Å²) >= 11 is 6.81. The van der Waals surface area contributed by atoms with Gasteiger partial charge in [0, 0.05) is 11.3 Å². The number of primary amides is 1. The number of thiophene rings is 1. The van der Waals surface area contributed by atoms with E-state index in [2.05, 4.69) is 36.6 Å². The summed E-state index contributed by atoms with van der Waals surface area (Å²) in [5.74, 6) is -0.538. The van der Waals surface area contributed by atoms with Gasteiger partial charge in [-0.05, 0) is 60.7 Å². The van der Waals surface area contributed by atoms with Gasteiger partial charge in [0.1, 0.15) is 5.00 Å². The molecule has 0 aliphatic carbocycles. The maximum absolute atomic E-state index is 12.8. The number of thiocarbonyl (C=S) groups is 1. The summed E-state index contributed by atoms with van der Waals surface area (Å²) in [5, 5.41) is 6.47. The Balaban J connectivity index is 1.69. The highest BCUT2D eigenvalue weighted by molar-refractivity contribution is 7.80. The highest BCUT2D eigenvalue weighted by Gasteiger charge is 2.22. The Morgan fingerprint density at radius 2 is 1.65 bits per heavy atom. The molecule has 7 heteroatoms. The first kappa shape index (κ1) is 25.6. The zero-order valence-corrected chi connectivity index (χ0v) is 21.6. The number of hydrogen-bond acceptors (Lipinski definition) is 4. The minimum absolute atomic E-state index is 0.142. The minimum Gasteiger partial charge on any atom is -0.365 e.